The zero-order valence-electron chi connectivity index (χ0n) is 19.7. The summed E-state index contributed by atoms with van der Waals surface area (Å²) >= 11 is 5.91. The van der Waals surface area contributed by atoms with Crippen LogP contribution in [0.1, 0.15) is 32.4 Å². The van der Waals surface area contributed by atoms with E-state index in [0.717, 1.165) is 5.69 Å². The topological polar surface area (TPSA) is 118 Å². The fourth-order valence-corrected chi connectivity index (χ4v) is 5.19. The minimum Gasteiger partial charge on any atom is -0.394 e. The molecule has 0 spiro atoms. The molecule has 1 aromatic carbocycles. The molecule has 0 saturated heterocycles. The fourth-order valence-electron chi connectivity index (χ4n) is 3.88. The van der Waals surface area contributed by atoms with Gasteiger partial charge in [0.05, 0.1) is 42.1 Å². The number of likely N-dealkylation sites (N-methyl/N-ethyl adjacent to an activating group) is 1. The van der Waals surface area contributed by atoms with Crippen molar-refractivity contribution in [1.29, 1.82) is 0 Å². The highest BCUT2D eigenvalue weighted by Gasteiger charge is 2.31. The Bertz CT molecular complexity index is 1060. The van der Waals surface area contributed by atoms with Crippen LogP contribution in [0.4, 0.5) is 0 Å². The van der Waals surface area contributed by atoms with Crippen LogP contribution in [-0.2, 0) is 32.7 Å². The number of aryl methyl sites for hydroxylation is 1. The van der Waals surface area contributed by atoms with Gasteiger partial charge in [-0.15, -0.1) is 5.10 Å². The summed E-state index contributed by atoms with van der Waals surface area (Å²) in [6, 6.07) is 5.63. The molecule has 1 N–H and O–H groups in total. The summed E-state index contributed by atoms with van der Waals surface area (Å²) in [7, 11) is -2.28. The average Bonchev–Trinajstić information content (AvgIpc) is 3.25. The Labute approximate surface area is 205 Å². The average molecular weight is 514 g/mol. The first-order valence-electron chi connectivity index (χ1n) is 11.2. The third-order valence-corrected chi connectivity index (χ3v) is 8.19. The van der Waals surface area contributed by atoms with Crippen molar-refractivity contribution in [2.75, 3.05) is 26.7 Å². The Morgan fingerprint density at radius 3 is 2.71 bits per heavy atom. The quantitative estimate of drug-likeness (QED) is 0.625. The number of rotatable bonds is 6. The number of sulfonamides is 1. The molecule has 1 aliphatic heterocycles. The lowest BCUT2D eigenvalue weighted by Gasteiger charge is -2.35. The predicted molar refractivity (Wildman–Crippen MR) is 127 cm³/mol. The number of aliphatic hydroxyl groups is 1. The Balaban J connectivity index is 1.86. The van der Waals surface area contributed by atoms with Crippen LogP contribution in [0.25, 0.3) is 0 Å². The first-order valence-corrected chi connectivity index (χ1v) is 13.1. The highest BCUT2D eigenvalue weighted by atomic mass is 35.5. The van der Waals surface area contributed by atoms with Gasteiger partial charge in [-0.25, -0.2) is 13.1 Å². The van der Waals surface area contributed by atoms with Crippen molar-refractivity contribution < 1.29 is 23.1 Å². The van der Waals surface area contributed by atoms with Crippen LogP contribution in [-0.4, -0.2) is 82.5 Å². The number of halogens is 1. The molecule has 1 amide bonds. The van der Waals surface area contributed by atoms with Gasteiger partial charge in [-0.3, -0.25) is 4.79 Å². The molecule has 12 heteroatoms. The molecule has 34 heavy (non-hydrogen) atoms. The summed E-state index contributed by atoms with van der Waals surface area (Å²) < 4.78 is 35.4. The summed E-state index contributed by atoms with van der Waals surface area (Å²) in [5.74, 6) is -0.291. The van der Waals surface area contributed by atoms with Crippen molar-refractivity contribution in [2.45, 2.75) is 56.9 Å². The van der Waals surface area contributed by atoms with Crippen LogP contribution in [0.3, 0.4) is 0 Å². The molecule has 188 valence electrons. The van der Waals surface area contributed by atoms with Crippen LogP contribution >= 0.6 is 11.6 Å². The lowest BCUT2D eigenvalue weighted by molar-refractivity contribution is -0.136. The lowest BCUT2D eigenvalue weighted by atomic mass is 10.0. The van der Waals surface area contributed by atoms with Gasteiger partial charge in [0.1, 0.15) is 0 Å². The zero-order chi connectivity index (χ0) is 24.9. The van der Waals surface area contributed by atoms with E-state index in [4.69, 9.17) is 16.3 Å². The van der Waals surface area contributed by atoms with Crippen molar-refractivity contribution in [2.24, 2.45) is 5.92 Å². The number of hydrogen-bond acceptors (Lipinski definition) is 7. The molecular weight excluding hydrogens is 482 g/mol. The van der Waals surface area contributed by atoms with Crippen LogP contribution in [0.2, 0.25) is 5.02 Å². The third-order valence-electron chi connectivity index (χ3n) is 6.10. The molecule has 10 nitrogen and oxygen atoms in total. The molecule has 2 heterocycles. The number of fused-ring (bicyclic) bond motifs is 1. The van der Waals surface area contributed by atoms with Gasteiger partial charge in [0, 0.05) is 44.0 Å². The molecular formula is C22H32ClN5O5S. The summed E-state index contributed by atoms with van der Waals surface area (Å²) in [5.41, 5.74) is 0.758. The first-order chi connectivity index (χ1) is 16.1. The summed E-state index contributed by atoms with van der Waals surface area (Å²) in [4.78, 5) is 14.7. The van der Waals surface area contributed by atoms with E-state index in [9.17, 15) is 18.3 Å². The second-order valence-electron chi connectivity index (χ2n) is 8.70. The number of amides is 1. The third kappa shape index (κ3) is 6.33. The van der Waals surface area contributed by atoms with Crippen molar-refractivity contribution in [1.82, 2.24) is 24.2 Å². The van der Waals surface area contributed by atoms with Gasteiger partial charge in [-0.2, -0.15) is 4.31 Å². The number of nitrogens with zero attached hydrogens (tertiary/aromatic N) is 5. The van der Waals surface area contributed by atoms with E-state index in [-0.39, 0.29) is 42.5 Å². The monoisotopic (exact) mass is 513 g/mol. The van der Waals surface area contributed by atoms with Gasteiger partial charge in [-0.05, 0) is 37.6 Å². The minimum atomic E-state index is -3.78. The smallest absolute Gasteiger partial charge is 0.242 e. The number of carbonyl (C=O) groups is 1. The molecule has 1 aromatic heterocycles. The van der Waals surface area contributed by atoms with Crippen LogP contribution in [0, 0.1) is 5.92 Å². The van der Waals surface area contributed by atoms with E-state index in [1.165, 1.54) is 35.6 Å². The maximum Gasteiger partial charge on any atom is 0.242 e. The second kappa shape index (κ2) is 11.6. The molecule has 0 bridgehead atoms. The molecule has 1 aliphatic rings. The van der Waals surface area contributed by atoms with E-state index < -0.39 is 16.1 Å². The van der Waals surface area contributed by atoms with Gasteiger partial charge in [0.25, 0.3) is 0 Å². The van der Waals surface area contributed by atoms with E-state index in [2.05, 4.69) is 10.3 Å². The van der Waals surface area contributed by atoms with Gasteiger partial charge < -0.3 is 14.7 Å². The molecule has 3 atom stereocenters. The molecule has 3 rings (SSSR count). The first kappa shape index (κ1) is 26.6. The largest absolute Gasteiger partial charge is 0.394 e. The number of ether oxygens (including phenoxy) is 1. The lowest BCUT2D eigenvalue weighted by Crippen LogP contribution is -2.47. The normalized spacial score (nSPS) is 21.6. The minimum absolute atomic E-state index is 0.0726. The Morgan fingerprint density at radius 1 is 1.32 bits per heavy atom. The van der Waals surface area contributed by atoms with Crippen molar-refractivity contribution in [3.8, 4) is 0 Å². The number of carbonyl (C=O) groups excluding carboxylic acids is 1. The SMILES string of the molecule is C[C@H](CO)N1C[C@H](C)[C@@H](CN(C)S(=O)(=O)c2ccc(Cl)cc2)OCc2cnnn2CCCC1=O. The maximum atomic E-state index is 13.1. The van der Waals surface area contributed by atoms with E-state index >= 15 is 0 Å². The number of hydrogen-bond donors (Lipinski definition) is 1. The summed E-state index contributed by atoms with van der Waals surface area (Å²) in [5, 5.41) is 18.2. The second-order valence-corrected chi connectivity index (χ2v) is 11.2. The molecule has 0 saturated carbocycles. The van der Waals surface area contributed by atoms with Gasteiger partial charge in [0.15, 0.2) is 0 Å². The Morgan fingerprint density at radius 2 is 2.03 bits per heavy atom. The van der Waals surface area contributed by atoms with Crippen LogP contribution in [0.15, 0.2) is 35.4 Å². The van der Waals surface area contributed by atoms with Crippen LogP contribution in [0.5, 0.6) is 0 Å². The highest BCUT2D eigenvalue weighted by molar-refractivity contribution is 7.89. The van der Waals surface area contributed by atoms with Gasteiger partial charge in [-0.1, -0.05) is 23.7 Å². The van der Waals surface area contributed by atoms with Crippen molar-refractivity contribution >= 4 is 27.5 Å². The number of aliphatic hydroxyl groups excluding tert-OH is 1. The Kier molecular flexibility index (Phi) is 9.05. The number of benzene rings is 1. The predicted octanol–water partition coefficient (Wildman–Crippen LogP) is 1.78. The summed E-state index contributed by atoms with van der Waals surface area (Å²) in [6.45, 7) is 4.66. The van der Waals surface area contributed by atoms with E-state index in [0.29, 0.717) is 31.0 Å². The van der Waals surface area contributed by atoms with Crippen LogP contribution < -0.4 is 0 Å². The molecule has 0 aliphatic carbocycles. The maximum absolute atomic E-state index is 13.1. The summed E-state index contributed by atoms with van der Waals surface area (Å²) in [6.07, 6.45) is 1.98. The molecule has 0 radical (unpaired) electrons. The number of aromatic nitrogens is 3. The fraction of sp³-hybridized carbons (Fsp3) is 0.591. The van der Waals surface area contributed by atoms with Gasteiger partial charge >= 0.3 is 0 Å². The van der Waals surface area contributed by atoms with Crippen molar-refractivity contribution in [3.05, 3.63) is 41.2 Å². The molecule has 0 fully saturated rings. The van der Waals surface area contributed by atoms with Gasteiger partial charge in [0.2, 0.25) is 15.9 Å². The van der Waals surface area contributed by atoms with E-state index in [1.54, 1.807) is 22.7 Å². The highest BCUT2D eigenvalue weighted by Crippen LogP contribution is 2.22. The van der Waals surface area contributed by atoms with Crippen molar-refractivity contribution in [3.63, 3.8) is 0 Å². The Hall–Kier alpha value is -2.05. The molecule has 2 aromatic rings. The van der Waals surface area contributed by atoms with E-state index in [1.807, 2.05) is 6.92 Å². The standard InChI is InChI=1S/C22H32ClN5O5S/c1-16-12-27(17(2)14-29)22(30)5-4-10-28-19(11-24-25-28)15-33-21(16)13-26(3)34(31,32)20-8-6-18(23)7-9-20/h6-9,11,16-17,21,29H,4-5,10,12-15H2,1-3H3/t16-,17+,21+/m0/s1. The molecule has 0 unspecified atom stereocenters. The zero-order valence-corrected chi connectivity index (χ0v) is 21.2.